The summed E-state index contributed by atoms with van der Waals surface area (Å²) in [5.74, 6) is 1.05. The predicted molar refractivity (Wildman–Crippen MR) is 204 cm³/mol. The van der Waals surface area contributed by atoms with E-state index in [4.69, 9.17) is 14.6 Å². The topological polar surface area (TPSA) is 154 Å². The highest BCUT2D eigenvalue weighted by molar-refractivity contribution is 6.00. The second-order valence-electron chi connectivity index (χ2n) is 15.9. The first-order chi connectivity index (χ1) is 25.4. The predicted octanol–water partition coefficient (Wildman–Crippen LogP) is 5.26. The van der Waals surface area contributed by atoms with Gasteiger partial charge in [0.25, 0.3) is 0 Å². The summed E-state index contributed by atoms with van der Waals surface area (Å²) in [4.78, 5) is 52.6. The minimum Gasteiger partial charge on any atom is -0.494 e. The lowest BCUT2D eigenvalue weighted by Crippen LogP contribution is -2.44. The number of imide groups is 1. The molecule has 2 saturated heterocycles. The number of benzene rings is 2. The molecule has 2 aromatic carbocycles. The quantitative estimate of drug-likeness (QED) is 0.196. The number of hydrogen-bond acceptors (Lipinski definition) is 9. The van der Waals surface area contributed by atoms with Crippen LogP contribution >= 0.6 is 0 Å². The zero-order valence-electron chi connectivity index (χ0n) is 31.4. The van der Waals surface area contributed by atoms with Gasteiger partial charge in [0.1, 0.15) is 17.4 Å². The first kappa shape index (κ1) is 36.5. The van der Waals surface area contributed by atoms with Gasteiger partial charge in [0.15, 0.2) is 0 Å². The third-order valence-electron chi connectivity index (χ3n) is 11.1. The van der Waals surface area contributed by atoms with Crippen LogP contribution in [0.1, 0.15) is 84.2 Å². The van der Waals surface area contributed by atoms with Gasteiger partial charge in [0.2, 0.25) is 11.8 Å². The van der Waals surface area contributed by atoms with E-state index in [-0.39, 0.29) is 18.0 Å². The highest BCUT2D eigenvalue weighted by atomic mass is 16.6. The number of aromatic nitrogens is 4. The minimum absolute atomic E-state index is 0.223. The Balaban J connectivity index is 0.893. The molecule has 4 aromatic rings. The van der Waals surface area contributed by atoms with Crippen LogP contribution in [0, 0.1) is 11.8 Å². The van der Waals surface area contributed by atoms with Gasteiger partial charge in [0, 0.05) is 44.2 Å². The molecule has 14 nitrogen and oxygen atoms in total. The van der Waals surface area contributed by atoms with Gasteiger partial charge in [-0.1, -0.05) is 6.07 Å². The summed E-state index contributed by atoms with van der Waals surface area (Å²) in [5.41, 5.74) is 3.12. The van der Waals surface area contributed by atoms with Crippen molar-refractivity contribution in [3.8, 4) is 5.75 Å². The van der Waals surface area contributed by atoms with Crippen molar-refractivity contribution in [3.63, 3.8) is 0 Å². The van der Waals surface area contributed by atoms with E-state index in [2.05, 4.69) is 37.8 Å². The van der Waals surface area contributed by atoms with Crippen molar-refractivity contribution >= 4 is 51.2 Å². The molecular formula is C39H52N8O6. The number of nitrogens with one attached hydrogen (secondary N) is 3. The van der Waals surface area contributed by atoms with E-state index in [1.54, 1.807) is 23.3 Å². The van der Waals surface area contributed by atoms with Crippen LogP contribution in [-0.2, 0) is 21.4 Å². The van der Waals surface area contributed by atoms with E-state index in [0.717, 1.165) is 92.3 Å². The number of nitrogens with zero attached hydrogens (tertiary/aromatic N) is 5. The van der Waals surface area contributed by atoms with Crippen LogP contribution in [0.3, 0.4) is 0 Å². The Bertz CT molecular complexity index is 2060. The van der Waals surface area contributed by atoms with Crippen LogP contribution in [0.25, 0.3) is 21.9 Å². The monoisotopic (exact) mass is 728 g/mol. The Morgan fingerprint density at radius 2 is 1.70 bits per heavy atom. The maximum Gasteiger partial charge on any atom is 0.412 e. The van der Waals surface area contributed by atoms with E-state index >= 15 is 0 Å². The zero-order valence-corrected chi connectivity index (χ0v) is 31.4. The van der Waals surface area contributed by atoms with Crippen LogP contribution in [-0.4, -0.2) is 75.7 Å². The first-order valence-electron chi connectivity index (χ1n) is 18.9. The number of methoxy groups -OCH3 is 1. The van der Waals surface area contributed by atoms with Gasteiger partial charge in [-0.15, -0.1) is 0 Å². The van der Waals surface area contributed by atoms with Crippen molar-refractivity contribution < 1.29 is 23.9 Å². The third-order valence-corrected chi connectivity index (χ3v) is 11.1. The third kappa shape index (κ3) is 7.78. The van der Waals surface area contributed by atoms with Crippen molar-refractivity contribution in [2.24, 2.45) is 18.9 Å². The Labute approximate surface area is 309 Å². The summed E-state index contributed by atoms with van der Waals surface area (Å²) < 4.78 is 16.3. The molecular weight excluding hydrogens is 676 g/mol. The van der Waals surface area contributed by atoms with Gasteiger partial charge in [-0.05, 0) is 109 Å². The smallest absolute Gasteiger partial charge is 0.412 e. The van der Waals surface area contributed by atoms with Crippen molar-refractivity contribution in [2.45, 2.75) is 89.8 Å². The van der Waals surface area contributed by atoms with E-state index in [1.807, 2.05) is 45.0 Å². The van der Waals surface area contributed by atoms with Gasteiger partial charge < -0.3 is 19.7 Å². The number of amides is 3. The van der Waals surface area contributed by atoms with Crippen LogP contribution in [0.15, 0.2) is 41.3 Å². The number of imidazole rings is 1. The first-order valence-corrected chi connectivity index (χ1v) is 18.9. The van der Waals surface area contributed by atoms with Gasteiger partial charge in [0.05, 0.1) is 41.1 Å². The molecule has 2 aromatic heterocycles. The summed E-state index contributed by atoms with van der Waals surface area (Å²) in [5, 5.41) is 14.8. The number of carbonyl (C=O) groups is 3. The van der Waals surface area contributed by atoms with Gasteiger partial charge >= 0.3 is 11.8 Å². The van der Waals surface area contributed by atoms with Crippen molar-refractivity contribution in [3.05, 3.63) is 47.0 Å². The highest BCUT2D eigenvalue weighted by Gasteiger charge is 2.33. The molecule has 3 amide bonds. The fourth-order valence-corrected chi connectivity index (χ4v) is 8.32. The molecule has 284 valence electrons. The van der Waals surface area contributed by atoms with Crippen LogP contribution < -0.4 is 31.3 Å². The normalized spacial score (nSPS) is 21.6. The Kier molecular flexibility index (Phi) is 10.2. The number of carbonyl (C=O) groups excluding carboxylic acids is 3. The molecule has 3 N–H and O–H groups in total. The summed E-state index contributed by atoms with van der Waals surface area (Å²) in [6.45, 7) is 9.30. The Morgan fingerprint density at radius 1 is 0.981 bits per heavy atom. The average molecular weight is 729 g/mol. The second-order valence-corrected chi connectivity index (χ2v) is 15.9. The van der Waals surface area contributed by atoms with Gasteiger partial charge in [-0.2, -0.15) is 5.10 Å². The standard InChI is InChI=1S/C39H52N8O6/c1-39(2,3)53-37(50)41-29-19-26-23-46(43-28(26)20-33(29)52-5)27-11-9-24(10-12-27)21-40-22-25-15-17-45(18-16-25)30-7-6-8-31-35(30)44(4)38(51)47(31)32-13-14-34(48)42-36(32)49/h6-8,19-20,23-25,27,32,40H,9-18,21-22H2,1-5H3,(H,41,50)(H,42,48,49). The number of rotatable bonds is 9. The summed E-state index contributed by atoms with van der Waals surface area (Å²) in [7, 11) is 3.34. The largest absolute Gasteiger partial charge is 0.494 e. The Hall–Kier alpha value is -4.85. The minimum atomic E-state index is -0.689. The molecule has 3 fully saturated rings. The van der Waals surface area contributed by atoms with E-state index in [9.17, 15) is 19.2 Å². The number of para-hydroxylation sites is 1. The van der Waals surface area contributed by atoms with Crippen LogP contribution in [0.2, 0.25) is 0 Å². The number of piperidine rings is 2. The summed E-state index contributed by atoms with van der Waals surface area (Å²) in [6, 6.07) is 9.32. The maximum atomic E-state index is 13.4. The van der Waals surface area contributed by atoms with Crippen LogP contribution in [0.4, 0.5) is 16.2 Å². The maximum absolute atomic E-state index is 13.4. The lowest BCUT2D eigenvalue weighted by molar-refractivity contribution is -0.135. The molecule has 7 rings (SSSR count). The number of aryl methyl sites for hydroxylation is 1. The molecule has 1 unspecified atom stereocenters. The lowest BCUT2D eigenvalue weighted by Gasteiger charge is -2.35. The highest BCUT2D eigenvalue weighted by Crippen LogP contribution is 2.36. The molecule has 2 aliphatic heterocycles. The van der Waals surface area contributed by atoms with E-state index in [0.29, 0.717) is 35.7 Å². The van der Waals surface area contributed by atoms with E-state index in [1.165, 1.54) is 0 Å². The van der Waals surface area contributed by atoms with Crippen molar-refractivity contribution in [1.82, 2.24) is 29.5 Å². The molecule has 14 heteroatoms. The number of fused-ring (bicyclic) bond motifs is 2. The van der Waals surface area contributed by atoms with Crippen LogP contribution in [0.5, 0.6) is 5.75 Å². The Morgan fingerprint density at radius 3 is 2.38 bits per heavy atom. The SMILES string of the molecule is COc1cc2nn(C3CCC(CNCC4CCN(c5cccc6c5n(C)c(=O)n6C5CCC(=O)NC5=O)CC4)CC3)cc2cc1NC(=O)OC(C)(C)C. The number of ether oxygens (including phenoxy) is 2. The fourth-order valence-electron chi connectivity index (χ4n) is 8.32. The van der Waals surface area contributed by atoms with Crippen molar-refractivity contribution in [1.29, 1.82) is 0 Å². The molecule has 0 spiro atoms. The molecule has 0 radical (unpaired) electrons. The second kappa shape index (κ2) is 14.9. The molecule has 3 aliphatic rings. The number of hydrogen-bond donors (Lipinski definition) is 3. The zero-order chi connectivity index (χ0) is 37.4. The van der Waals surface area contributed by atoms with Gasteiger partial charge in [-0.3, -0.25) is 34.0 Å². The molecule has 53 heavy (non-hydrogen) atoms. The molecule has 1 saturated carbocycles. The van der Waals surface area contributed by atoms with Gasteiger partial charge in [-0.25, -0.2) is 9.59 Å². The van der Waals surface area contributed by atoms with Crippen molar-refractivity contribution in [2.75, 3.05) is 43.5 Å². The molecule has 4 heterocycles. The average Bonchev–Trinajstić information content (AvgIpc) is 3.65. The summed E-state index contributed by atoms with van der Waals surface area (Å²) >= 11 is 0. The lowest BCUT2D eigenvalue weighted by atomic mass is 9.86. The summed E-state index contributed by atoms with van der Waals surface area (Å²) in [6.07, 6.45) is 8.63. The molecule has 0 bridgehead atoms. The fraction of sp³-hybridized carbons (Fsp3) is 0.564. The molecule has 1 aliphatic carbocycles. The van der Waals surface area contributed by atoms with E-state index < -0.39 is 23.6 Å². The number of anilines is 2. The molecule has 1 atom stereocenters.